The molecule has 0 heterocycles. The van der Waals surface area contributed by atoms with Gasteiger partial charge in [0.2, 0.25) is 0 Å². The first-order chi connectivity index (χ1) is 13.2. The number of phenols is 1. The van der Waals surface area contributed by atoms with Gasteiger partial charge in [0, 0.05) is 17.9 Å². The lowest BCUT2D eigenvalue weighted by molar-refractivity contribution is -0.126. The van der Waals surface area contributed by atoms with Gasteiger partial charge in [-0.05, 0) is 44.1 Å². The van der Waals surface area contributed by atoms with E-state index in [4.69, 9.17) is 16.3 Å². The molecule has 0 spiro atoms. The summed E-state index contributed by atoms with van der Waals surface area (Å²) < 4.78 is 5.38. The third kappa shape index (κ3) is 4.49. The molecule has 4 nitrogen and oxygen atoms in total. The van der Waals surface area contributed by atoms with Crippen molar-refractivity contribution in [3.63, 3.8) is 0 Å². The zero-order chi connectivity index (χ0) is 21.0. The van der Waals surface area contributed by atoms with E-state index in [1.54, 1.807) is 6.92 Å². The maximum Gasteiger partial charge on any atom is 0.154 e. The van der Waals surface area contributed by atoms with E-state index in [0.29, 0.717) is 53.3 Å². The molecule has 1 aromatic carbocycles. The summed E-state index contributed by atoms with van der Waals surface area (Å²) in [6, 6.07) is 0. The van der Waals surface area contributed by atoms with Crippen LogP contribution in [0.15, 0.2) is 23.8 Å². The van der Waals surface area contributed by atoms with Gasteiger partial charge in [-0.2, -0.15) is 0 Å². The molecular weight excluding hydrogens is 376 g/mol. The fraction of sp³-hybridized carbons (Fsp3) is 0.478. The molecule has 1 saturated carbocycles. The second-order valence-electron chi connectivity index (χ2n) is 7.69. The summed E-state index contributed by atoms with van der Waals surface area (Å²) in [4.78, 5) is 23.5. The van der Waals surface area contributed by atoms with Crippen LogP contribution >= 0.6 is 11.6 Å². The van der Waals surface area contributed by atoms with Crippen LogP contribution in [-0.2, 0) is 11.2 Å². The van der Waals surface area contributed by atoms with Gasteiger partial charge in [0.05, 0.1) is 17.7 Å². The number of allylic oxidation sites excluding steroid dienone is 4. The first-order valence-corrected chi connectivity index (χ1v) is 10.0. The summed E-state index contributed by atoms with van der Waals surface area (Å²) >= 11 is 6.19. The Morgan fingerprint density at radius 1 is 1.36 bits per heavy atom. The SMILES string of the molecule is COc1c(C=O)c(C)c(Cl)c(O)c1C/C=C(C)\C=C\C1C(C)CCC(=O)C1C. The Hall–Kier alpha value is -2.07. The number of aromatic hydroxyl groups is 1. The van der Waals surface area contributed by atoms with E-state index in [9.17, 15) is 14.7 Å². The van der Waals surface area contributed by atoms with E-state index in [2.05, 4.69) is 13.0 Å². The highest BCUT2D eigenvalue weighted by atomic mass is 35.5. The molecule has 5 heteroatoms. The van der Waals surface area contributed by atoms with Crippen molar-refractivity contribution in [1.82, 2.24) is 0 Å². The number of carbonyl (C=O) groups is 2. The molecule has 0 saturated heterocycles. The molecule has 1 aliphatic rings. The topological polar surface area (TPSA) is 63.6 Å². The van der Waals surface area contributed by atoms with E-state index in [-0.39, 0.29) is 22.6 Å². The number of ketones is 1. The molecule has 0 amide bonds. The monoisotopic (exact) mass is 404 g/mol. The lowest BCUT2D eigenvalue weighted by atomic mass is 9.72. The number of carbonyl (C=O) groups excluding carboxylic acids is 2. The maximum atomic E-state index is 12.0. The average molecular weight is 405 g/mol. The Morgan fingerprint density at radius 3 is 2.64 bits per heavy atom. The molecular formula is C23H29ClO4. The van der Waals surface area contributed by atoms with E-state index >= 15 is 0 Å². The van der Waals surface area contributed by atoms with Gasteiger partial charge in [-0.25, -0.2) is 0 Å². The summed E-state index contributed by atoms with van der Waals surface area (Å²) in [7, 11) is 1.47. The van der Waals surface area contributed by atoms with E-state index in [1.165, 1.54) is 7.11 Å². The van der Waals surface area contributed by atoms with Crippen LogP contribution in [-0.4, -0.2) is 24.3 Å². The quantitative estimate of drug-likeness (QED) is 0.504. The van der Waals surface area contributed by atoms with Gasteiger partial charge in [0.15, 0.2) is 6.29 Å². The number of phenolic OH excluding ortho intramolecular Hbond substituents is 1. The molecule has 1 aromatic rings. The number of benzene rings is 1. The molecule has 0 aromatic heterocycles. The number of hydrogen-bond acceptors (Lipinski definition) is 4. The average Bonchev–Trinajstić information content (AvgIpc) is 2.68. The van der Waals surface area contributed by atoms with Gasteiger partial charge in [-0.3, -0.25) is 9.59 Å². The smallest absolute Gasteiger partial charge is 0.154 e. The fourth-order valence-corrected chi connectivity index (χ4v) is 4.10. The van der Waals surface area contributed by atoms with Crippen molar-refractivity contribution in [2.24, 2.45) is 17.8 Å². The number of ether oxygens (including phenoxy) is 1. The van der Waals surface area contributed by atoms with Crippen LogP contribution in [0.2, 0.25) is 5.02 Å². The number of aldehydes is 1. The zero-order valence-electron chi connectivity index (χ0n) is 17.2. The van der Waals surface area contributed by atoms with Crippen LogP contribution in [0.1, 0.15) is 55.1 Å². The number of methoxy groups -OCH3 is 1. The van der Waals surface area contributed by atoms with E-state index in [1.807, 2.05) is 26.0 Å². The van der Waals surface area contributed by atoms with Crippen molar-refractivity contribution in [3.8, 4) is 11.5 Å². The van der Waals surface area contributed by atoms with Crippen LogP contribution in [0.25, 0.3) is 0 Å². The number of Topliss-reactive ketones (excluding diaryl/α,β-unsaturated/α-hetero) is 1. The Balaban J connectivity index is 2.27. The van der Waals surface area contributed by atoms with Crippen LogP contribution in [0.4, 0.5) is 0 Å². The van der Waals surface area contributed by atoms with Crippen LogP contribution in [0.5, 0.6) is 11.5 Å². The zero-order valence-corrected chi connectivity index (χ0v) is 18.0. The third-order valence-electron chi connectivity index (χ3n) is 5.87. The minimum atomic E-state index is -0.0604. The molecule has 0 bridgehead atoms. The van der Waals surface area contributed by atoms with Crippen LogP contribution in [0, 0.1) is 24.7 Å². The second-order valence-corrected chi connectivity index (χ2v) is 8.07. The molecule has 152 valence electrons. The lowest BCUT2D eigenvalue weighted by Gasteiger charge is -2.31. The van der Waals surface area contributed by atoms with Crippen molar-refractivity contribution in [3.05, 3.63) is 45.5 Å². The predicted molar refractivity (Wildman–Crippen MR) is 112 cm³/mol. The van der Waals surface area contributed by atoms with Crippen molar-refractivity contribution >= 4 is 23.7 Å². The largest absolute Gasteiger partial charge is 0.506 e. The molecule has 1 fully saturated rings. The maximum absolute atomic E-state index is 12.0. The Kier molecular flexibility index (Phi) is 7.48. The lowest BCUT2D eigenvalue weighted by Crippen LogP contribution is -2.30. The minimum Gasteiger partial charge on any atom is -0.506 e. The predicted octanol–water partition coefficient (Wildman–Crippen LogP) is 5.47. The Morgan fingerprint density at radius 2 is 2.04 bits per heavy atom. The van der Waals surface area contributed by atoms with Crippen molar-refractivity contribution < 1.29 is 19.4 Å². The van der Waals surface area contributed by atoms with Crippen molar-refractivity contribution in [2.75, 3.05) is 7.11 Å². The van der Waals surface area contributed by atoms with Gasteiger partial charge >= 0.3 is 0 Å². The highest BCUT2D eigenvalue weighted by Gasteiger charge is 2.31. The molecule has 3 unspecified atom stereocenters. The summed E-state index contributed by atoms with van der Waals surface area (Å²) in [5.74, 6) is 1.38. The first kappa shape index (κ1) is 22.2. The van der Waals surface area contributed by atoms with Gasteiger partial charge in [-0.15, -0.1) is 0 Å². The van der Waals surface area contributed by atoms with E-state index in [0.717, 1.165) is 12.0 Å². The van der Waals surface area contributed by atoms with Crippen LogP contribution in [0.3, 0.4) is 0 Å². The number of halogens is 1. The number of hydrogen-bond donors (Lipinski definition) is 1. The minimum absolute atomic E-state index is 0.0444. The summed E-state index contributed by atoms with van der Waals surface area (Å²) in [5.41, 5.74) is 2.34. The van der Waals surface area contributed by atoms with E-state index < -0.39 is 0 Å². The Labute approximate surface area is 172 Å². The molecule has 0 radical (unpaired) electrons. The van der Waals surface area contributed by atoms with Crippen molar-refractivity contribution in [2.45, 2.75) is 47.0 Å². The van der Waals surface area contributed by atoms with Crippen molar-refractivity contribution in [1.29, 1.82) is 0 Å². The molecule has 3 atom stereocenters. The fourth-order valence-electron chi connectivity index (χ4n) is 3.88. The second kappa shape index (κ2) is 9.42. The Bertz CT molecular complexity index is 823. The molecule has 0 aliphatic heterocycles. The molecule has 2 rings (SSSR count). The third-order valence-corrected chi connectivity index (χ3v) is 6.33. The summed E-state index contributed by atoms with van der Waals surface area (Å²) in [6.45, 7) is 7.84. The normalized spacial score (nSPS) is 23.3. The van der Waals surface area contributed by atoms with Gasteiger partial charge in [0.25, 0.3) is 0 Å². The molecule has 1 aliphatic carbocycles. The molecule has 28 heavy (non-hydrogen) atoms. The standard InChI is InChI=1S/C23H29ClO4/c1-13(6-9-17-14(2)8-11-20(26)15(17)3)7-10-18-22(27)21(24)16(4)19(12-25)23(18)28-5/h6-7,9,12,14-15,17,27H,8,10-11H2,1-5H3/b9-6+,13-7-. The van der Waals surface area contributed by atoms with Gasteiger partial charge in [0.1, 0.15) is 17.3 Å². The summed E-state index contributed by atoms with van der Waals surface area (Å²) in [5, 5.41) is 10.6. The highest BCUT2D eigenvalue weighted by molar-refractivity contribution is 6.33. The number of rotatable bonds is 6. The van der Waals surface area contributed by atoms with Gasteiger partial charge in [-0.1, -0.05) is 49.2 Å². The highest BCUT2D eigenvalue weighted by Crippen LogP contribution is 2.41. The van der Waals surface area contributed by atoms with Crippen LogP contribution < -0.4 is 4.74 Å². The molecule has 1 N–H and O–H groups in total. The summed E-state index contributed by atoms with van der Waals surface area (Å²) in [6.07, 6.45) is 8.78. The first-order valence-electron chi connectivity index (χ1n) is 9.63. The van der Waals surface area contributed by atoms with Gasteiger partial charge < -0.3 is 9.84 Å².